The zero-order valence-corrected chi connectivity index (χ0v) is 14.3. The van der Waals surface area contributed by atoms with Crippen LogP contribution in [-0.2, 0) is 6.42 Å². The van der Waals surface area contributed by atoms with Crippen molar-refractivity contribution in [3.63, 3.8) is 0 Å². The molecule has 0 radical (unpaired) electrons. The van der Waals surface area contributed by atoms with Crippen LogP contribution in [-0.4, -0.2) is 38.8 Å². The molecule has 0 saturated carbocycles. The number of carbonyl (C=O) groups is 1. The number of hydrogen-bond donors (Lipinski definition) is 1. The first-order chi connectivity index (χ1) is 11.5. The number of rotatable bonds is 4. The molecule has 1 aromatic heterocycles. The summed E-state index contributed by atoms with van der Waals surface area (Å²) in [5.41, 5.74) is 0.0931. The van der Waals surface area contributed by atoms with E-state index >= 15 is 0 Å². The smallest absolute Gasteiger partial charge is 0.321 e. The second kappa shape index (κ2) is 6.76. The summed E-state index contributed by atoms with van der Waals surface area (Å²) in [5, 5.41) is 10.6. The van der Waals surface area contributed by atoms with Crippen LogP contribution in [0.25, 0.3) is 0 Å². The van der Waals surface area contributed by atoms with Gasteiger partial charge in [-0.05, 0) is 26.0 Å². The van der Waals surface area contributed by atoms with Gasteiger partial charge in [-0.15, -0.1) is 10.2 Å². The van der Waals surface area contributed by atoms with Crippen molar-refractivity contribution >= 4 is 23.3 Å². The molecule has 1 aromatic carbocycles. The third-order valence-electron chi connectivity index (χ3n) is 4.11. The molecule has 0 unspecified atom stereocenters. The van der Waals surface area contributed by atoms with Gasteiger partial charge in [-0.2, -0.15) is 0 Å². The van der Waals surface area contributed by atoms with E-state index in [9.17, 15) is 9.18 Å². The minimum Gasteiger partial charge on any atom is -0.324 e. The number of nitrogens with one attached hydrogen (secondary N) is 1. The molecule has 2 heterocycles. The maximum atomic E-state index is 13.8. The minimum atomic E-state index is -0.616. The molecule has 1 aliphatic rings. The van der Waals surface area contributed by atoms with E-state index in [1.54, 1.807) is 17.3 Å². The average Bonchev–Trinajstić information content (AvgIpc) is 2.95. The number of urea groups is 1. The Labute approximate surface area is 144 Å². The van der Waals surface area contributed by atoms with Crippen molar-refractivity contribution in [3.8, 4) is 0 Å². The van der Waals surface area contributed by atoms with E-state index in [4.69, 9.17) is 11.6 Å². The zero-order valence-electron chi connectivity index (χ0n) is 13.5. The maximum Gasteiger partial charge on any atom is 0.321 e. The number of likely N-dealkylation sites (tertiary alicyclic amines) is 1. The standard InChI is InChI=1S/C16H19ClFN5O/c1-10(2)23-9-19-21-14(23)6-11-7-22(8-11)16(24)20-13-5-3-4-12(17)15(13)18/h3-5,9-11H,6-8H2,1-2H3,(H,20,24). The summed E-state index contributed by atoms with van der Waals surface area (Å²) in [7, 11) is 0. The second-order valence-electron chi connectivity index (χ2n) is 6.25. The zero-order chi connectivity index (χ0) is 17.3. The van der Waals surface area contributed by atoms with Gasteiger partial charge < -0.3 is 14.8 Å². The normalized spacial score (nSPS) is 14.8. The van der Waals surface area contributed by atoms with Crippen LogP contribution in [0.3, 0.4) is 0 Å². The van der Waals surface area contributed by atoms with Crippen LogP contribution in [0.2, 0.25) is 5.02 Å². The summed E-state index contributed by atoms with van der Waals surface area (Å²) >= 11 is 5.71. The van der Waals surface area contributed by atoms with Gasteiger partial charge in [-0.1, -0.05) is 17.7 Å². The van der Waals surface area contributed by atoms with E-state index in [2.05, 4.69) is 29.4 Å². The van der Waals surface area contributed by atoms with Gasteiger partial charge in [-0.25, -0.2) is 9.18 Å². The lowest BCUT2D eigenvalue weighted by molar-refractivity contribution is 0.129. The Bertz CT molecular complexity index is 742. The molecule has 6 nitrogen and oxygen atoms in total. The number of halogens is 2. The molecule has 3 rings (SSSR count). The monoisotopic (exact) mass is 351 g/mol. The van der Waals surface area contributed by atoms with E-state index in [1.807, 2.05) is 4.57 Å². The van der Waals surface area contributed by atoms with E-state index in [0.717, 1.165) is 12.2 Å². The third kappa shape index (κ3) is 3.36. The molecule has 24 heavy (non-hydrogen) atoms. The van der Waals surface area contributed by atoms with Crippen LogP contribution in [0, 0.1) is 11.7 Å². The summed E-state index contributed by atoms with van der Waals surface area (Å²) in [6.45, 7) is 5.37. The van der Waals surface area contributed by atoms with Crippen molar-refractivity contribution < 1.29 is 9.18 Å². The highest BCUT2D eigenvalue weighted by Gasteiger charge is 2.32. The quantitative estimate of drug-likeness (QED) is 0.918. The lowest BCUT2D eigenvalue weighted by Crippen LogP contribution is -2.52. The number of amides is 2. The summed E-state index contributed by atoms with van der Waals surface area (Å²) < 4.78 is 15.8. The van der Waals surface area contributed by atoms with E-state index in [0.29, 0.717) is 25.0 Å². The Hall–Kier alpha value is -2.15. The number of carbonyl (C=O) groups excluding carboxylic acids is 1. The number of aromatic nitrogens is 3. The van der Waals surface area contributed by atoms with E-state index in [-0.39, 0.29) is 16.7 Å². The highest BCUT2D eigenvalue weighted by Crippen LogP contribution is 2.25. The fourth-order valence-corrected chi connectivity index (χ4v) is 2.94. The van der Waals surface area contributed by atoms with Crippen LogP contribution in [0.5, 0.6) is 0 Å². The first-order valence-electron chi connectivity index (χ1n) is 7.84. The van der Waals surface area contributed by atoms with Gasteiger partial charge in [0.2, 0.25) is 0 Å². The summed E-state index contributed by atoms with van der Waals surface area (Å²) in [5.74, 6) is 0.646. The van der Waals surface area contributed by atoms with Crippen LogP contribution >= 0.6 is 11.6 Å². The van der Waals surface area contributed by atoms with Gasteiger partial charge in [0, 0.05) is 31.5 Å². The van der Waals surface area contributed by atoms with Gasteiger partial charge in [0.1, 0.15) is 12.2 Å². The van der Waals surface area contributed by atoms with Crippen molar-refractivity contribution in [2.75, 3.05) is 18.4 Å². The molecule has 0 spiro atoms. The molecule has 1 N–H and O–H groups in total. The molecule has 1 aliphatic heterocycles. The molecule has 8 heteroatoms. The van der Waals surface area contributed by atoms with Gasteiger partial charge in [0.05, 0.1) is 10.7 Å². The Morgan fingerprint density at radius 1 is 1.46 bits per heavy atom. The van der Waals surface area contributed by atoms with Crippen LogP contribution in [0.4, 0.5) is 14.9 Å². The SMILES string of the molecule is CC(C)n1cnnc1CC1CN(C(=O)Nc2cccc(Cl)c2F)C1. The van der Waals surface area contributed by atoms with E-state index < -0.39 is 5.82 Å². The van der Waals surface area contributed by atoms with Crippen molar-refractivity contribution in [2.45, 2.75) is 26.3 Å². The van der Waals surface area contributed by atoms with Gasteiger partial charge >= 0.3 is 6.03 Å². The lowest BCUT2D eigenvalue weighted by Gasteiger charge is -2.39. The maximum absolute atomic E-state index is 13.8. The molecule has 0 aliphatic carbocycles. The molecule has 1 saturated heterocycles. The highest BCUT2D eigenvalue weighted by atomic mass is 35.5. The molecule has 2 amide bonds. The number of benzene rings is 1. The Morgan fingerprint density at radius 2 is 2.21 bits per heavy atom. The largest absolute Gasteiger partial charge is 0.324 e. The van der Waals surface area contributed by atoms with Crippen LogP contribution in [0.1, 0.15) is 25.7 Å². The highest BCUT2D eigenvalue weighted by molar-refractivity contribution is 6.31. The van der Waals surface area contributed by atoms with Gasteiger partial charge in [0.25, 0.3) is 0 Å². The summed E-state index contributed by atoms with van der Waals surface area (Å²) in [6, 6.07) is 4.51. The van der Waals surface area contributed by atoms with Gasteiger partial charge in [0.15, 0.2) is 5.82 Å². The minimum absolute atomic E-state index is 0.0118. The predicted octanol–water partition coefficient (Wildman–Crippen LogP) is 3.36. The molecule has 1 fully saturated rings. The number of hydrogen-bond acceptors (Lipinski definition) is 3. The molecule has 0 bridgehead atoms. The fourth-order valence-electron chi connectivity index (χ4n) is 2.76. The topological polar surface area (TPSA) is 63.1 Å². The molecule has 2 aromatic rings. The van der Waals surface area contributed by atoms with Gasteiger partial charge in [-0.3, -0.25) is 0 Å². The predicted molar refractivity (Wildman–Crippen MR) is 89.6 cm³/mol. The Morgan fingerprint density at radius 3 is 2.92 bits per heavy atom. The molecule has 0 atom stereocenters. The molecule has 128 valence electrons. The van der Waals surface area contributed by atoms with Crippen molar-refractivity contribution in [2.24, 2.45) is 5.92 Å². The second-order valence-corrected chi connectivity index (χ2v) is 6.66. The summed E-state index contributed by atoms with van der Waals surface area (Å²) in [4.78, 5) is 13.8. The van der Waals surface area contributed by atoms with Crippen molar-refractivity contribution in [1.82, 2.24) is 19.7 Å². The fraction of sp³-hybridized carbons (Fsp3) is 0.438. The first kappa shape index (κ1) is 16.7. The third-order valence-corrected chi connectivity index (χ3v) is 4.40. The van der Waals surface area contributed by atoms with Crippen LogP contribution < -0.4 is 5.32 Å². The Kier molecular flexibility index (Phi) is 4.71. The first-order valence-corrected chi connectivity index (χ1v) is 8.21. The molecular weight excluding hydrogens is 333 g/mol. The summed E-state index contributed by atoms with van der Waals surface area (Å²) in [6.07, 6.45) is 2.50. The van der Waals surface area contributed by atoms with Crippen molar-refractivity contribution in [3.05, 3.63) is 41.2 Å². The Balaban J connectivity index is 1.54. The molecular formula is C16H19ClFN5O. The van der Waals surface area contributed by atoms with Crippen LogP contribution in [0.15, 0.2) is 24.5 Å². The number of nitrogens with zero attached hydrogens (tertiary/aromatic N) is 4. The number of anilines is 1. The van der Waals surface area contributed by atoms with Crippen molar-refractivity contribution in [1.29, 1.82) is 0 Å². The van der Waals surface area contributed by atoms with E-state index in [1.165, 1.54) is 12.1 Å². The lowest BCUT2D eigenvalue weighted by atomic mass is 9.96. The average molecular weight is 352 g/mol.